The number of benzene rings is 1. The van der Waals surface area contributed by atoms with E-state index in [9.17, 15) is 9.90 Å². The van der Waals surface area contributed by atoms with Gasteiger partial charge in [0.25, 0.3) is 0 Å². The average molecular weight is 274 g/mol. The fraction of sp³-hybridized carbons (Fsp3) is 0.333. The summed E-state index contributed by atoms with van der Waals surface area (Å²) in [6.07, 6.45) is 0. The molecule has 0 aliphatic rings. The molecule has 2 aromatic rings. The number of nitrogens with zero attached hydrogens (tertiary/aromatic N) is 2. The highest BCUT2D eigenvalue weighted by Gasteiger charge is 2.20. The summed E-state index contributed by atoms with van der Waals surface area (Å²) in [5, 5.41) is 14.1. The zero-order valence-electron chi connectivity index (χ0n) is 12.1. The highest BCUT2D eigenvalue weighted by Crippen LogP contribution is 2.23. The Morgan fingerprint density at radius 1 is 1.35 bits per heavy atom. The number of hydrogen-bond donors (Lipinski definition) is 1. The first kappa shape index (κ1) is 14.1. The number of carbonyl (C=O) groups excluding carboxylic acids is 1. The minimum absolute atomic E-state index is 0.202. The highest BCUT2D eigenvalue weighted by atomic mass is 16.5. The summed E-state index contributed by atoms with van der Waals surface area (Å²) in [7, 11) is 0. The SMILES string of the molecule is CCOC(=O)c1c(C)nn(-c2ccc(C)c(O)c2)c1C. The first-order chi connectivity index (χ1) is 9.45. The van der Waals surface area contributed by atoms with Gasteiger partial charge in [0.1, 0.15) is 11.3 Å². The molecule has 1 aromatic carbocycles. The number of hydrogen-bond acceptors (Lipinski definition) is 4. The third kappa shape index (κ3) is 2.39. The molecule has 5 nitrogen and oxygen atoms in total. The molecule has 0 spiro atoms. The van der Waals surface area contributed by atoms with E-state index in [1.54, 1.807) is 24.6 Å². The molecule has 0 aliphatic heterocycles. The molecule has 5 heteroatoms. The third-order valence-corrected chi connectivity index (χ3v) is 3.21. The second-order valence-corrected chi connectivity index (χ2v) is 4.65. The topological polar surface area (TPSA) is 64.3 Å². The van der Waals surface area contributed by atoms with E-state index in [2.05, 4.69) is 5.10 Å². The first-order valence-electron chi connectivity index (χ1n) is 6.49. The van der Waals surface area contributed by atoms with Gasteiger partial charge in [-0.25, -0.2) is 9.48 Å². The molecule has 1 aromatic heterocycles. The maximum absolute atomic E-state index is 11.9. The maximum atomic E-state index is 11.9. The van der Waals surface area contributed by atoms with Gasteiger partial charge in [-0.2, -0.15) is 5.10 Å². The Labute approximate surface area is 117 Å². The minimum Gasteiger partial charge on any atom is -0.508 e. The van der Waals surface area contributed by atoms with Gasteiger partial charge in [-0.05, 0) is 39.3 Å². The quantitative estimate of drug-likeness (QED) is 0.874. The van der Waals surface area contributed by atoms with E-state index in [0.29, 0.717) is 29.2 Å². The molecule has 0 bridgehead atoms. The summed E-state index contributed by atoms with van der Waals surface area (Å²) in [5.41, 5.74) is 3.29. The molecule has 0 saturated carbocycles. The van der Waals surface area contributed by atoms with Crippen LogP contribution in [0.5, 0.6) is 5.75 Å². The van der Waals surface area contributed by atoms with Gasteiger partial charge in [-0.3, -0.25) is 0 Å². The summed E-state index contributed by atoms with van der Waals surface area (Å²) in [4.78, 5) is 11.9. The van der Waals surface area contributed by atoms with Crippen LogP contribution in [0.1, 0.15) is 34.2 Å². The molecule has 0 aliphatic carbocycles. The molecule has 0 fully saturated rings. The molecule has 0 radical (unpaired) electrons. The maximum Gasteiger partial charge on any atom is 0.341 e. The normalized spacial score (nSPS) is 10.6. The predicted molar refractivity (Wildman–Crippen MR) is 75.4 cm³/mol. The van der Waals surface area contributed by atoms with Crippen molar-refractivity contribution in [3.8, 4) is 11.4 Å². The summed E-state index contributed by atoms with van der Waals surface area (Å²) >= 11 is 0. The average Bonchev–Trinajstić information content (AvgIpc) is 2.68. The van der Waals surface area contributed by atoms with Crippen LogP contribution in [0.25, 0.3) is 5.69 Å². The van der Waals surface area contributed by atoms with Crippen molar-refractivity contribution in [3.63, 3.8) is 0 Å². The van der Waals surface area contributed by atoms with Crippen molar-refractivity contribution >= 4 is 5.97 Å². The van der Waals surface area contributed by atoms with Crippen LogP contribution in [-0.2, 0) is 4.74 Å². The Balaban J connectivity index is 2.51. The Hall–Kier alpha value is -2.30. The summed E-state index contributed by atoms with van der Waals surface area (Å²) in [6.45, 7) is 7.50. The fourth-order valence-electron chi connectivity index (χ4n) is 2.12. The van der Waals surface area contributed by atoms with Gasteiger partial charge in [0.05, 0.1) is 23.7 Å². The number of aromatic hydroxyl groups is 1. The largest absolute Gasteiger partial charge is 0.508 e. The predicted octanol–water partition coefficient (Wildman–Crippen LogP) is 2.68. The summed E-state index contributed by atoms with van der Waals surface area (Å²) in [5.74, 6) is -0.169. The Kier molecular flexibility index (Phi) is 3.79. The van der Waals surface area contributed by atoms with Crippen LogP contribution in [0.4, 0.5) is 0 Å². The number of aryl methyl sites for hydroxylation is 2. The molecule has 2 rings (SSSR count). The molecule has 0 atom stereocenters. The Morgan fingerprint density at radius 2 is 2.05 bits per heavy atom. The van der Waals surface area contributed by atoms with E-state index in [0.717, 1.165) is 5.56 Å². The lowest BCUT2D eigenvalue weighted by molar-refractivity contribution is 0.0524. The number of ether oxygens (including phenoxy) is 1. The van der Waals surface area contributed by atoms with Crippen molar-refractivity contribution in [3.05, 3.63) is 40.7 Å². The first-order valence-corrected chi connectivity index (χ1v) is 6.49. The van der Waals surface area contributed by atoms with Crippen molar-refractivity contribution < 1.29 is 14.6 Å². The lowest BCUT2D eigenvalue weighted by Gasteiger charge is -2.07. The number of phenols is 1. The number of aromatic nitrogens is 2. The lowest BCUT2D eigenvalue weighted by Crippen LogP contribution is -2.07. The fourth-order valence-corrected chi connectivity index (χ4v) is 2.12. The van der Waals surface area contributed by atoms with Crippen LogP contribution in [0.3, 0.4) is 0 Å². The van der Waals surface area contributed by atoms with Gasteiger partial charge in [-0.1, -0.05) is 6.07 Å². The van der Waals surface area contributed by atoms with Crippen LogP contribution in [0, 0.1) is 20.8 Å². The Morgan fingerprint density at radius 3 is 2.65 bits per heavy atom. The summed E-state index contributed by atoms with van der Waals surface area (Å²) in [6, 6.07) is 5.29. The van der Waals surface area contributed by atoms with Gasteiger partial charge < -0.3 is 9.84 Å². The van der Waals surface area contributed by atoms with Gasteiger partial charge in [0.15, 0.2) is 0 Å². The number of phenolic OH excluding ortho intramolecular Hbond substituents is 1. The zero-order chi connectivity index (χ0) is 14.9. The van der Waals surface area contributed by atoms with Gasteiger partial charge in [0.2, 0.25) is 0 Å². The van der Waals surface area contributed by atoms with Crippen molar-refractivity contribution in [2.24, 2.45) is 0 Å². The van der Waals surface area contributed by atoms with Crippen LogP contribution in [0.2, 0.25) is 0 Å². The Bertz CT molecular complexity index is 659. The van der Waals surface area contributed by atoms with E-state index < -0.39 is 0 Å². The highest BCUT2D eigenvalue weighted by molar-refractivity contribution is 5.92. The number of carbonyl (C=O) groups is 1. The standard InChI is InChI=1S/C15H18N2O3/c1-5-20-15(19)14-10(3)16-17(11(14)4)12-7-6-9(2)13(18)8-12/h6-8,18H,5H2,1-4H3. The molecule has 0 unspecified atom stereocenters. The molecule has 1 N–H and O–H groups in total. The van der Waals surface area contributed by atoms with Crippen molar-refractivity contribution in [2.45, 2.75) is 27.7 Å². The van der Waals surface area contributed by atoms with E-state index in [4.69, 9.17) is 4.74 Å². The van der Waals surface area contributed by atoms with Gasteiger partial charge in [0, 0.05) is 6.07 Å². The van der Waals surface area contributed by atoms with Crippen LogP contribution < -0.4 is 0 Å². The second kappa shape index (κ2) is 5.36. The van der Waals surface area contributed by atoms with Gasteiger partial charge in [-0.15, -0.1) is 0 Å². The zero-order valence-corrected chi connectivity index (χ0v) is 12.1. The molecule has 106 valence electrons. The van der Waals surface area contributed by atoms with E-state index >= 15 is 0 Å². The molecular formula is C15H18N2O3. The third-order valence-electron chi connectivity index (χ3n) is 3.21. The van der Waals surface area contributed by atoms with E-state index in [-0.39, 0.29) is 11.7 Å². The molecule has 20 heavy (non-hydrogen) atoms. The van der Waals surface area contributed by atoms with Crippen molar-refractivity contribution in [1.29, 1.82) is 0 Å². The second-order valence-electron chi connectivity index (χ2n) is 4.65. The minimum atomic E-state index is -0.370. The number of esters is 1. The van der Waals surface area contributed by atoms with Crippen molar-refractivity contribution in [2.75, 3.05) is 6.61 Å². The smallest absolute Gasteiger partial charge is 0.341 e. The van der Waals surface area contributed by atoms with E-state index in [1.165, 1.54) is 0 Å². The van der Waals surface area contributed by atoms with Crippen LogP contribution >= 0.6 is 0 Å². The van der Waals surface area contributed by atoms with Crippen molar-refractivity contribution in [1.82, 2.24) is 9.78 Å². The molecule has 0 saturated heterocycles. The number of rotatable bonds is 3. The molecule has 1 heterocycles. The van der Waals surface area contributed by atoms with Crippen LogP contribution in [-0.4, -0.2) is 27.5 Å². The molecule has 0 amide bonds. The van der Waals surface area contributed by atoms with Gasteiger partial charge >= 0.3 is 5.97 Å². The lowest BCUT2D eigenvalue weighted by atomic mass is 10.2. The molecular weight excluding hydrogens is 256 g/mol. The monoisotopic (exact) mass is 274 g/mol. The van der Waals surface area contributed by atoms with Crippen LogP contribution in [0.15, 0.2) is 18.2 Å². The van der Waals surface area contributed by atoms with E-state index in [1.807, 2.05) is 26.0 Å². The summed E-state index contributed by atoms with van der Waals surface area (Å²) < 4.78 is 6.68.